The number of aryl methyl sites for hydroxylation is 1. The van der Waals surface area contributed by atoms with Crippen LogP contribution in [0.4, 0.5) is 0 Å². The number of halogens is 1. The molecule has 2 N–H and O–H groups in total. The quantitative estimate of drug-likeness (QED) is 0.607. The highest BCUT2D eigenvalue weighted by Gasteiger charge is 2.11. The lowest BCUT2D eigenvalue weighted by Crippen LogP contribution is -2.38. The first-order valence-corrected chi connectivity index (χ1v) is 9.12. The van der Waals surface area contributed by atoms with Crippen LogP contribution < -0.4 is 10.6 Å². The monoisotopic (exact) mass is 350 g/mol. The normalized spacial score (nSPS) is 13.0. The molecule has 0 bridgehead atoms. The number of nitrogens with one attached hydrogen (secondary N) is 2. The number of hydrogen-bond acceptors (Lipinski definition) is 3. The van der Waals surface area contributed by atoms with E-state index in [2.05, 4.69) is 46.8 Å². The highest BCUT2D eigenvalue weighted by atomic mass is 35.5. The Kier molecular flexibility index (Phi) is 6.86. The molecule has 0 fully saturated rings. The number of thiazole rings is 1. The summed E-state index contributed by atoms with van der Waals surface area (Å²) in [4.78, 5) is 9.17. The van der Waals surface area contributed by atoms with Crippen LogP contribution in [0.5, 0.6) is 0 Å². The molecule has 1 aromatic heterocycles. The van der Waals surface area contributed by atoms with Gasteiger partial charge in [0, 0.05) is 16.9 Å². The van der Waals surface area contributed by atoms with Gasteiger partial charge in [-0.25, -0.2) is 9.98 Å². The number of nitrogens with zero attached hydrogens (tertiary/aromatic N) is 2. The minimum Gasteiger partial charge on any atom is -0.357 e. The van der Waals surface area contributed by atoms with Crippen molar-refractivity contribution in [2.24, 2.45) is 4.99 Å². The summed E-state index contributed by atoms with van der Waals surface area (Å²) >= 11 is 7.95. The Labute approximate surface area is 147 Å². The van der Waals surface area contributed by atoms with E-state index in [-0.39, 0.29) is 6.04 Å². The van der Waals surface area contributed by atoms with Crippen LogP contribution in [0.15, 0.2) is 34.6 Å². The van der Waals surface area contributed by atoms with E-state index in [0.717, 1.165) is 40.2 Å². The van der Waals surface area contributed by atoms with Gasteiger partial charge in [-0.3, -0.25) is 0 Å². The lowest BCUT2D eigenvalue weighted by atomic mass is 10.1. The Bertz CT molecular complexity index is 654. The Hall–Kier alpha value is -1.59. The summed E-state index contributed by atoms with van der Waals surface area (Å²) in [6, 6.07) is 7.93. The summed E-state index contributed by atoms with van der Waals surface area (Å²) in [6.45, 7) is 7.61. The Morgan fingerprint density at radius 1 is 1.35 bits per heavy atom. The number of guanidine groups is 1. The van der Waals surface area contributed by atoms with Crippen molar-refractivity contribution in [3.05, 3.63) is 50.9 Å². The van der Waals surface area contributed by atoms with Gasteiger partial charge < -0.3 is 10.6 Å². The van der Waals surface area contributed by atoms with E-state index < -0.39 is 0 Å². The van der Waals surface area contributed by atoms with E-state index in [4.69, 9.17) is 11.6 Å². The highest BCUT2D eigenvalue weighted by molar-refractivity contribution is 7.09. The van der Waals surface area contributed by atoms with Crippen molar-refractivity contribution in [2.45, 2.75) is 39.8 Å². The van der Waals surface area contributed by atoms with Crippen molar-refractivity contribution >= 4 is 28.9 Å². The second kappa shape index (κ2) is 8.89. The van der Waals surface area contributed by atoms with Gasteiger partial charge in [0.15, 0.2) is 5.96 Å². The molecule has 124 valence electrons. The van der Waals surface area contributed by atoms with E-state index in [1.54, 1.807) is 11.3 Å². The molecule has 0 aliphatic carbocycles. The van der Waals surface area contributed by atoms with E-state index in [1.165, 1.54) is 0 Å². The highest BCUT2D eigenvalue weighted by Crippen LogP contribution is 2.22. The fraction of sp³-hybridized carbons (Fsp3) is 0.412. The largest absolute Gasteiger partial charge is 0.357 e. The summed E-state index contributed by atoms with van der Waals surface area (Å²) < 4.78 is 0. The van der Waals surface area contributed by atoms with E-state index >= 15 is 0 Å². The molecule has 0 aliphatic heterocycles. The smallest absolute Gasteiger partial charge is 0.192 e. The minimum absolute atomic E-state index is 0.0723. The van der Waals surface area contributed by atoms with E-state index in [9.17, 15) is 0 Å². The predicted octanol–water partition coefficient (Wildman–Crippen LogP) is 4.18. The number of aromatic nitrogens is 1. The second-order valence-electron chi connectivity index (χ2n) is 5.17. The molecule has 0 amide bonds. The molecule has 1 atom stereocenters. The molecule has 0 saturated heterocycles. The van der Waals surface area contributed by atoms with Crippen molar-refractivity contribution in [1.29, 1.82) is 0 Å². The van der Waals surface area contributed by atoms with Gasteiger partial charge in [-0.15, -0.1) is 11.3 Å². The average molecular weight is 351 g/mol. The van der Waals surface area contributed by atoms with Gasteiger partial charge in [-0.05, 0) is 31.9 Å². The number of aliphatic imine (C=N–C) groups is 1. The van der Waals surface area contributed by atoms with Crippen molar-refractivity contribution in [2.75, 3.05) is 6.54 Å². The molecule has 1 unspecified atom stereocenters. The molecule has 6 heteroatoms. The Balaban J connectivity index is 2.05. The van der Waals surface area contributed by atoms with Crippen LogP contribution in [0.2, 0.25) is 5.02 Å². The summed E-state index contributed by atoms with van der Waals surface area (Å²) in [7, 11) is 0. The van der Waals surface area contributed by atoms with Gasteiger partial charge in [-0.2, -0.15) is 0 Å². The van der Waals surface area contributed by atoms with Crippen LogP contribution in [0.3, 0.4) is 0 Å². The minimum atomic E-state index is 0.0723. The molecule has 0 radical (unpaired) electrons. The van der Waals surface area contributed by atoms with Gasteiger partial charge in [0.25, 0.3) is 0 Å². The summed E-state index contributed by atoms with van der Waals surface area (Å²) in [6.07, 6.45) is 0.968. The molecule has 4 nitrogen and oxygen atoms in total. The third kappa shape index (κ3) is 5.22. The number of benzene rings is 1. The predicted molar refractivity (Wildman–Crippen MR) is 99.3 cm³/mol. The molecule has 1 heterocycles. The molecule has 0 spiro atoms. The van der Waals surface area contributed by atoms with Crippen LogP contribution in [0.1, 0.15) is 43.1 Å². The van der Waals surface area contributed by atoms with Crippen LogP contribution >= 0.6 is 22.9 Å². The average Bonchev–Trinajstić information content (AvgIpc) is 3.01. The second-order valence-corrected chi connectivity index (χ2v) is 6.52. The van der Waals surface area contributed by atoms with Gasteiger partial charge in [0.1, 0.15) is 0 Å². The zero-order chi connectivity index (χ0) is 16.7. The molecular formula is C17H23ClN4S. The SMILES string of the molecule is CCNC(=NCc1csc(CC)n1)NC(C)c1ccccc1Cl. The topological polar surface area (TPSA) is 49.3 Å². The lowest BCUT2D eigenvalue weighted by Gasteiger charge is -2.19. The first-order valence-electron chi connectivity index (χ1n) is 7.86. The van der Waals surface area contributed by atoms with Crippen LogP contribution in [0.25, 0.3) is 0 Å². The van der Waals surface area contributed by atoms with E-state index in [1.807, 2.05) is 24.3 Å². The fourth-order valence-corrected chi connectivity index (χ4v) is 3.21. The molecule has 0 saturated carbocycles. The van der Waals surface area contributed by atoms with Gasteiger partial charge in [-0.1, -0.05) is 36.7 Å². The maximum atomic E-state index is 6.26. The Morgan fingerprint density at radius 3 is 2.78 bits per heavy atom. The zero-order valence-corrected chi connectivity index (χ0v) is 15.3. The van der Waals surface area contributed by atoms with Crippen LogP contribution in [-0.2, 0) is 13.0 Å². The van der Waals surface area contributed by atoms with Gasteiger partial charge >= 0.3 is 0 Å². The van der Waals surface area contributed by atoms with Crippen LogP contribution in [0, 0.1) is 0 Å². The molecule has 2 aromatic rings. The molecular weight excluding hydrogens is 328 g/mol. The van der Waals surface area contributed by atoms with Gasteiger partial charge in [0.05, 0.1) is 23.3 Å². The van der Waals surface area contributed by atoms with Crippen molar-refractivity contribution in [3.63, 3.8) is 0 Å². The summed E-state index contributed by atoms with van der Waals surface area (Å²) in [5.41, 5.74) is 2.07. The molecule has 0 aliphatic rings. The van der Waals surface area contributed by atoms with Crippen LogP contribution in [-0.4, -0.2) is 17.5 Å². The molecule has 1 aromatic carbocycles. The number of hydrogen-bond donors (Lipinski definition) is 2. The van der Waals surface area contributed by atoms with Gasteiger partial charge in [0.2, 0.25) is 0 Å². The Morgan fingerprint density at radius 2 is 2.13 bits per heavy atom. The van der Waals surface area contributed by atoms with Crippen molar-refractivity contribution in [1.82, 2.24) is 15.6 Å². The maximum absolute atomic E-state index is 6.26. The number of rotatable bonds is 6. The fourth-order valence-electron chi connectivity index (χ4n) is 2.17. The summed E-state index contributed by atoms with van der Waals surface area (Å²) in [5, 5.41) is 10.6. The first-order chi connectivity index (χ1) is 11.1. The third-order valence-corrected chi connectivity index (χ3v) is 4.76. The van der Waals surface area contributed by atoms with Crippen molar-refractivity contribution < 1.29 is 0 Å². The third-order valence-electron chi connectivity index (χ3n) is 3.37. The molecule has 2 rings (SSSR count). The van der Waals surface area contributed by atoms with E-state index in [0.29, 0.717) is 6.54 Å². The lowest BCUT2D eigenvalue weighted by molar-refractivity contribution is 0.686. The summed E-state index contributed by atoms with van der Waals surface area (Å²) in [5.74, 6) is 0.769. The standard InChI is InChI=1S/C17H23ClN4S/c1-4-16-22-13(11-23-16)10-20-17(19-5-2)21-12(3)14-8-6-7-9-15(14)18/h6-9,11-12H,4-5,10H2,1-3H3,(H2,19,20,21). The molecule has 23 heavy (non-hydrogen) atoms. The van der Waals surface area contributed by atoms with Crippen molar-refractivity contribution in [3.8, 4) is 0 Å². The zero-order valence-electron chi connectivity index (χ0n) is 13.8. The first kappa shape index (κ1) is 17.8. The maximum Gasteiger partial charge on any atom is 0.192 e.